The van der Waals surface area contributed by atoms with Crippen LogP contribution in [-0.4, -0.2) is 44.0 Å². The SMILES string of the molecule is CCCNc1nnc(C(=O)NCCc2ncn(C)n2)s1. The Morgan fingerprint density at radius 2 is 2.25 bits per heavy atom. The number of rotatable bonds is 7. The highest BCUT2D eigenvalue weighted by Crippen LogP contribution is 2.14. The molecule has 108 valence electrons. The van der Waals surface area contributed by atoms with Gasteiger partial charge in [0.1, 0.15) is 6.33 Å². The van der Waals surface area contributed by atoms with Gasteiger partial charge in [0.15, 0.2) is 5.82 Å². The maximum atomic E-state index is 11.9. The van der Waals surface area contributed by atoms with Crippen LogP contribution < -0.4 is 10.6 Å². The van der Waals surface area contributed by atoms with E-state index in [0.717, 1.165) is 13.0 Å². The Hall–Kier alpha value is -2.03. The zero-order chi connectivity index (χ0) is 14.4. The van der Waals surface area contributed by atoms with Crippen LogP contribution in [-0.2, 0) is 13.5 Å². The highest BCUT2D eigenvalue weighted by molar-refractivity contribution is 7.17. The molecule has 1 amide bonds. The van der Waals surface area contributed by atoms with Crippen molar-refractivity contribution in [1.29, 1.82) is 0 Å². The number of aromatic nitrogens is 5. The zero-order valence-corrected chi connectivity index (χ0v) is 12.3. The lowest BCUT2D eigenvalue weighted by Gasteiger charge is -1.99. The Kier molecular flexibility index (Phi) is 4.99. The van der Waals surface area contributed by atoms with Gasteiger partial charge in [-0.2, -0.15) is 5.10 Å². The van der Waals surface area contributed by atoms with Crippen LogP contribution in [0.5, 0.6) is 0 Å². The summed E-state index contributed by atoms with van der Waals surface area (Å²) in [5.41, 5.74) is 0. The standard InChI is InChI=1S/C11H17N7OS/c1-3-5-13-11-16-15-10(20-11)9(19)12-6-4-8-14-7-18(2)17-8/h7H,3-6H2,1-2H3,(H,12,19)(H,13,16). The van der Waals surface area contributed by atoms with E-state index >= 15 is 0 Å². The van der Waals surface area contributed by atoms with Crippen LogP contribution >= 0.6 is 11.3 Å². The Balaban J connectivity index is 1.78. The number of anilines is 1. The summed E-state index contributed by atoms with van der Waals surface area (Å²) >= 11 is 1.25. The van der Waals surface area contributed by atoms with Crippen molar-refractivity contribution in [2.24, 2.45) is 7.05 Å². The van der Waals surface area contributed by atoms with E-state index in [1.54, 1.807) is 18.1 Å². The second kappa shape index (κ2) is 6.94. The maximum Gasteiger partial charge on any atom is 0.282 e. The van der Waals surface area contributed by atoms with Crippen molar-refractivity contribution in [3.8, 4) is 0 Å². The number of carbonyl (C=O) groups is 1. The summed E-state index contributed by atoms with van der Waals surface area (Å²) < 4.78 is 1.63. The fraction of sp³-hybridized carbons (Fsp3) is 0.545. The van der Waals surface area contributed by atoms with Gasteiger partial charge in [-0.3, -0.25) is 9.48 Å². The van der Waals surface area contributed by atoms with Crippen molar-refractivity contribution in [1.82, 2.24) is 30.3 Å². The van der Waals surface area contributed by atoms with Crippen LogP contribution in [0, 0.1) is 0 Å². The first-order chi connectivity index (χ1) is 9.69. The van der Waals surface area contributed by atoms with Gasteiger partial charge in [0.05, 0.1) is 0 Å². The predicted molar refractivity (Wildman–Crippen MR) is 75.7 cm³/mol. The van der Waals surface area contributed by atoms with Gasteiger partial charge in [-0.1, -0.05) is 18.3 Å². The molecule has 0 fully saturated rings. The minimum Gasteiger partial charge on any atom is -0.360 e. The largest absolute Gasteiger partial charge is 0.360 e. The molecule has 2 rings (SSSR count). The molecule has 0 bridgehead atoms. The highest BCUT2D eigenvalue weighted by atomic mass is 32.1. The second-order valence-electron chi connectivity index (χ2n) is 4.18. The summed E-state index contributed by atoms with van der Waals surface area (Å²) in [6.07, 6.45) is 3.22. The van der Waals surface area contributed by atoms with E-state index in [1.807, 2.05) is 0 Å². The number of hydrogen-bond acceptors (Lipinski definition) is 7. The molecule has 2 aromatic heterocycles. The average molecular weight is 295 g/mol. The van der Waals surface area contributed by atoms with Crippen LogP contribution in [0.1, 0.15) is 29.0 Å². The molecule has 0 atom stereocenters. The summed E-state index contributed by atoms with van der Waals surface area (Å²) in [5, 5.41) is 18.8. The third-order valence-electron chi connectivity index (χ3n) is 2.43. The molecular weight excluding hydrogens is 278 g/mol. The molecule has 0 spiro atoms. The van der Waals surface area contributed by atoms with Crippen molar-refractivity contribution in [2.75, 3.05) is 18.4 Å². The quantitative estimate of drug-likeness (QED) is 0.770. The molecule has 2 heterocycles. The molecule has 0 saturated carbocycles. The monoisotopic (exact) mass is 295 g/mol. The van der Waals surface area contributed by atoms with Crippen LogP contribution in [0.4, 0.5) is 5.13 Å². The Labute approximate surface area is 120 Å². The Bertz CT molecular complexity index is 565. The van der Waals surface area contributed by atoms with Crippen LogP contribution in [0.2, 0.25) is 0 Å². The molecule has 0 aliphatic heterocycles. The van der Waals surface area contributed by atoms with E-state index in [2.05, 4.69) is 37.8 Å². The van der Waals surface area contributed by atoms with Gasteiger partial charge >= 0.3 is 0 Å². The van der Waals surface area contributed by atoms with E-state index in [4.69, 9.17) is 0 Å². The van der Waals surface area contributed by atoms with Crippen molar-refractivity contribution in [2.45, 2.75) is 19.8 Å². The summed E-state index contributed by atoms with van der Waals surface area (Å²) in [7, 11) is 1.81. The van der Waals surface area contributed by atoms with E-state index in [0.29, 0.717) is 28.9 Å². The minimum absolute atomic E-state index is 0.219. The van der Waals surface area contributed by atoms with Crippen molar-refractivity contribution in [3.05, 3.63) is 17.2 Å². The molecule has 8 nitrogen and oxygen atoms in total. The second-order valence-corrected chi connectivity index (χ2v) is 5.16. The lowest BCUT2D eigenvalue weighted by molar-refractivity contribution is 0.0953. The Morgan fingerprint density at radius 1 is 1.40 bits per heavy atom. The molecule has 0 radical (unpaired) electrons. The number of amides is 1. The van der Waals surface area contributed by atoms with Crippen molar-refractivity contribution >= 4 is 22.4 Å². The number of nitrogens with zero attached hydrogens (tertiary/aromatic N) is 5. The van der Waals surface area contributed by atoms with Crippen LogP contribution in [0.15, 0.2) is 6.33 Å². The third kappa shape index (κ3) is 3.98. The highest BCUT2D eigenvalue weighted by Gasteiger charge is 2.12. The lowest BCUT2D eigenvalue weighted by Crippen LogP contribution is -2.25. The molecule has 2 N–H and O–H groups in total. The smallest absolute Gasteiger partial charge is 0.282 e. The molecule has 9 heteroatoms. The first kappa shape index (κ1) is 14.4. The summed E-state index contributed by atoms with van der Waals surface area (Å²) in [4.78, 5) is 15.9. The normalized spacial score (nSPS) is 10.5. The summed E-state index contributed by atoms with van der Waals surface area (Å²) in [5.74, 6) is 0.485. The van der Waals surface area contributed by atoms with Gasteiger partial charge in [-0.05, 0) is 6.42 Å². The number of nitrogens with one attached hydrogen (secondary N) is 2. The molecule has 0 aliphatic carbocycles. The van der Waals surface area contributed by atoms with Gasteiger partial charge in [-0.15, -0.1) is 10.2 Å². The molecule has 0 aliphatic rings. The first-order valence-electron chi connectivity index (χ1n) is 6.39. The number of aryl methyl sites for hydroxylation is 1. The topological polar surface area (TPSA) is 97.6 Å². The average Bonchev–Trinajstić information content (AvgIpc) is 3.05. The van der Waals surface area contributed by atoms with E-state index < -0.39 is 0 Å². The van der Waals surface area contributed by atoms with E-state index in [-0.39, 0.29) is 5.91 Å². The minimum atomic E-state index is -0.219. The molecule has 2 aromatic rings. The van der Waals surface area contributed by atoms with Gasteiger partial charge in [-0.25, -0.2) is 4.98 Å². The van der Waals surface area contributed by atoms with Gasteiger partial charge in [0.25, 0.3) is 5.91 Å². The first-order valence-corrected chi connectivity index (χ1v) is 7.20. The summed E-state index contributed by atoms with van der Waals surface area (Å²) in [6, 6.07) is 0. The maximum absolute atomic E-state index is 11.9. The van der Waals surface area contributed by atoms with Crippen molar-refractivity contribution < 1.29 is 4.79 Å². The van der Waals surface area contributed by atoms with Gasteiger partial charge in [0, 0.05) is 26.6 Å². The molecular formula is C11H17N7OS. The van der Waals surface area contributed by atoms with Gasteiger partial charge in [0.2, 0.25) is 10.1 Å². The predicted octanol–water partition coefficient (Wildman–Crippen LogP) is 0.461. The molecule has 0 aromatic carbocycles. The van der Waals surface area contributed by atoms with E-state index in [1.165, 1.54) is 11.3 Å². The number of hydrogen-bond donors (Lipinski definition) is 2. The number of carbonyl (C=O) groups excluding carboxylic acids is 1. The van der Waals surface area contributed by atoms with Crippen LogP contribution in [0.3, 0.4) is 0 Å². The van der Waals surface area contributed by atoms with Gasteiger partial charge < -0.3 is 10.6 Å². The zero-order valence-electron chi connectivity index (χ0n) is 11.5. The lowest BCUT2D eigenvalue weighted by atomic mass is 10.4. The third-order valence-corrected chi connectivity index (χ3v) is 3.31. The molecule has 0 unspecified atom stereocenters. The molecule has 0 saturated heterocycles. The summed E-state index contributed by atoms with van der Waals surface area (Å²) in [6.45, 7) is 3.36. The molecule has 20 heavy (non-hydrogen) atoms. The fourth-order valence-electron chi connectivity index (χ4n) is 1.48. The van der Waals surface area contributed by atoms with Crippen molar-refractivity contribution in [3.63, 3.8) is 0 Å². The van der Waals surface area contributed by atoms with Crippen LogP contribution in [0.25, 0.3) is 0 Å². The fourth-order valence-corrected chi connectivity index (χ4v) is 2.17. The van der Waals surface area contributed by atoms with E-state index in [9.17, 15) is 4.79 Å². The Morgan fingerprint density at radius 3 is 2.95 bits per heavy atom.